The molecule has 0 atom stereocenters. The molecule has 1 heterocycles. The average Bonchev–Trinajstić information content (AvgIpc) is 3.10. The van der Waals surface area contributed by atoms with Gasteiger partial charge in [0.25, 0.3) is 15.9 Å². The topological polar surface area (TPSA) is 128 Å². The molecular formula is C20H18FN3O6S. The van der Waals surface area contributed by atoms with Gasteiger partial charge in [0.2, 0.25) is 5.88 Å². The Balaban J connectivity index is 1.72. The summed E-state index contributed by atoms with van der Waals surface area (Å²) in [6.45, 7) is 2.49. The zero-order valence-electron chi connectivity index (χ0n) is 16.5. The number of aryl methyl sites for hydroxylation is 2. The molecule has 31 heavy (non-hydrogen) atoms. The fourth-order valence-corrected chi connectivity index (χ4v) is 3.98. The van der Waals surface area contributed by atoms with Crippen LogP contribution in [0.3, 0.4) is 0 Å². The number of aromatic nitrogens is 1. The number of esters is 1. The van der Waals surface area contributed by atoms with E-state index in [1.54, 1.807) is 6.92 Å². The number of rotatable bonds is 7. The number of nitrogens with one attached hydrogen (secondary N) is 2. The van der Waals surface area contributed by atoms with E-state index in [2.05, 4.69) is 15.2 Å². The van der Waals surface area contributed by atoms with Gasteiger partial charge in [0, 0.05) is 6.07 Å². The molecule has 0 bridgehead atoms. The van der Waals surface area contributed by atoms with E-state index in [4.69, 9.17) is 9.26 Å². The molecule has 11 heteroatoms. The van der Waals surface area contributed by atoms with E-state index in [1.807, 2.05) is 0 Å². The molecule has 0 saturated carbocycles. The molecular weight excluding hydrogens is 429 g/mol. The fourth-order valence-electron chi connectivity index (χ4n) is 2.67. The van der Waals surface area contributed by atoms with Crippen molar-refractivity contribution in [1.29, 1.82) is 0 Å². The number of para-hydroxylation sites is 1. The van der Waals surface area contributed by atoms with Crippen molar-refractivity contribution in [2.45, 2.75) is 18.7 Å². The van der Waals surface area contributed by atoms with Crippen LogP contribution in [0.1, 0.15) is 21.6 Å². The van der Waals surface area contributed by atoms with E-state index in [-0.39, 0.29) is 27.6 Å². The van der Waals surface area contributed by atoms with Crippen molar-refractivity contribution in [2.24, 2.45) is 0 Å². The summed E-state index contributed by atoms with van der Waals surface area (Å²) in [5, 5.41) is 5.98. The van der Waals surface area contributed by atoms with Crippen LogP contribution in [0.15, 0.2) is 57.9 Å². The number of ether oxygens (including phenoxy) is 1. The predicted octanol–water partition coefficient (Wildman–Crippen LogP) is 3.03. The number of halogens is 1. The number of benzene rings is 2. The van der Waals surface area contributed by atoms with Gasteiger partial charge in [-0.2, -0.15) is 0 Å². The first-order chi connectivity index (χ1) is 14.7. The van der Waals surface area contributed by atoms with Gasteiger partial charge in [0.1, 0.15) is 5.82 Å². The van der Waals surface area contributed by atoms with Gasteiger partial charge in [0.05, 0.1) is 21.8 Å². The number of sulfonamides is 1. The number of hydrogen-bond acceptors (Lipinski definition) is 7. The molecule has 0 aliphatic rings. The molecule has 3 aromatic rings. The Labute approximate surface area is 177 Å². The summed E-state index contributed by atoms with van der Waals surface area (Å²) in [6, 6.07) is 10.5. The minimum atomic E-state index is -4.11. The maximum Gasteiger partial charge on any atom is 0.340 e. The summed E-state index contributed by atoms with van der Waals surface area (Å²) in [5.74, 6) is -2.05. The molecule has 0 aliphatic carbocycles. The van der Waals surface area contributed by atoms with Crippen molar-refractivity contribution in [1.82, 2.24) is 5.16 Å². The highest BCUT2D eigenvalue weighted by atomic mass is 32.2. The Bertz CT molecular complexity index is 1240. The molecule has 0 spiro atoms. The summed E-state index contributed by atoms with van der Waals surface area (Å²) in [6.07, 6.45) is 0. The van der Waals surface area contributed by atoms with E-state index < -0.39 is 34.3 Å². The third kappa shape index (κ3) is 5.45. The minimum absolute atomic E-state index is 0.0532. The van der Waals surface area contributed by atoms with Crippen LogP contribution in [0.4, 0.5) is 16.0 Å². The van der Waals surface area contributed by atoms with E-state index in [0.717, 1.165) is 18.2 Å². The highest BCUT2D eigenvalue weighted by Gasteiger charge is 2.22. The predicted molar refractivity (Wildman–Crippen MR) is 109 cm³/mol. The molecule has 0 fully saturated rings. The standard InChI is InChI=1S/C20H18FN3O6S/c1-12-9-14(21)7-8-17(12)31(27,28)24-16-6-4-3-5-15(16)20(26)29-11-18(25)22-19-10-13(2)23-30-19/h3-10,24H,11H2,1-2H3,(H,22,25). The van der Waals surface area contributed by atoms with Crippen molar-refractivity contribution in [2.75, 3.05) is 16.6 Å². The lowest BCUT2D eigenvalue weighted by Gasteiger charge is -2.13. The lowest BCUT2D eigenvalue weighted by Crippen LogP contribution is -2.22. The lowest BCUT2D eigenvalue weighted by molar-refractivity contribution is -0.119. The summed E-state index contributed by atoms with van der Waals surface area (Å²) < 4.78 is 50.8. The van der Waals surface area contributed by atoms with Gasteiger partial charge in [-0.1, -0.05) is 17.3 Å². The van der Waals surface area contributed by atoms with E-state index in [9.17, 15) is 22.4 Å². The van der Waals surface area contributed by atoms with Gasteiger partial charge >= 0.3 is 5.97 Å². The molecule has 1 aromatic heterocycles. The number of anilines is 2. The fraction of sp³-hybridized carbons (Fsp3) is 0.150. The van der Waals surface area contributed by atoms with Crippen molar-refractivity contribution in [3.8, 4) is 0 Å². The number of carbonyl (C=O) groups is 2. The van der Waals surface area contributed by atoms with Crippen molar-refractivity contribution >= 4 is 33.5 Å². The monoisotopic (exact) mass is 447 g/mol. The highest BCUT2D eigenvalue weighted by molar-refractivity contribution is 7.92. The Morgan fingerprint density at radius 2 is 1.87 bits per heavy atom. The largest absolute Gasteiger partial charge is 0.452 e. The first-order valence-corrected chi connectivity index (χ1v) is 10.4. The second-order valence-electron chi connectivity index (χ2n) is 6.52. The SMILES string of the molecule is Cc1cc(NC(=O)COC(=O)c2ccccc2NS(=O)(=O)c2ccc(F)cc2C)on1. The van der Waals surface area contributed by atoms with Crippen LogP contribution < -0.4 is 10.0 Å². The summed E-state index contributed by atoms with van der Waals surface area (Å²) in [5.41, 5.74) is 0.605. The van der Waals surface area contributed by atoms with Crippen LogP contribution in [0.25, 0.3) is 0 Å². The third-order valence-corrected chi connectivity index (χ3v) is 5.57. The van der Waals surface area contributed by atoms with E-state index in [0.29, 0.717) is 5.69 Å². The third-order valence-electron chi connectivity index (χ3n) is 4.04. The number of amides is 1. The van der Waals surface area contributed by atoms with Gasteiger partial charge in [-0.05, 0) is 49.7 Å². The maximum atomic E-state index is 13.3. The first kappa shape index (κ1) is 22.0. The Kier molecular flexibility index (Phi) is 6.35. The van der Waals surface area contributed by atoms with Crippen LogP contribution in [-0.4, -0.2) is 32.1 Å². The molecule has 2 N–H and O–H groups in total. The van der Waals surface area contributed by atoms with E-state index >= 15 is 0 Å². The highest BCUT2D eigenvalue weighted by Crippen LogP contribution is 2.23. The Morgan fingerprint density at radius 1 is 1.13 bits per heavy atom. The molecule has 1 amide bonds. The van der Waals surface area contributed by atoms with Gasteiger partial charge in [0.15, 0.2) is 6.61 Å². The number of nitrogens with zero attached hydrogens (tertiary/aromatic N) is 1. The molecule has 0 radical (unpaired) electrons. The van der Waals surface area contributed by atoms with Crippen LogP contribution >= 0.6 is 0 Å². The van der Waals surface area contributed by atoms with E-state index in [1.165, 1.54) is 37.3 Å². The number of hydrogen-bond donors (Lipinski definition) is 2. The zero-order chi connectivity index (χ0) is 22.6. The molecule has 2 aromatic carbocycles. The summed E-state index contributed by atoms with van der Waals surface area (Å²) in [4.78, 5) is 24.2. The quantitative estimate of drug-likeness (QED) is 0.533. The molecule has 3 rings (SSSR count). The van der Waals surface area contributed by atoms with Crippen LogP contribution in [0.5, 0.6) is 0 Å². The van der Waals surface area contributed by atoms with Crippen molar-refractivity contribution in [3.05, 3.63) is 71.2 Å². The Morgan fingerprint density at radius 3 is 2.55 bits per heavy atom. The van der Waals surface area contributed by atoms with Crippen LogP contribution in [0.2, 0.25) is 0 Å². The van der Waals surface area contributed by atoms with Gasteiger partial charge in [-0.3, -0.25) is 14.8 Å². The van der Waals surface area contributed by atoms with Crippen molar-refractivity contribution in [3.63, 3.8) is 0 Å². The smallest absolute Gasteiger partial charge is 0.340 e. The zero-order valence-corrected chi connectivity index (χ0v) is 17.3. The van der Waals surface area contributed by atoms with Gasteiger partial charge in [-0.15, -0.1) is 0 Å². The van der Waals surface area contributed by atoms with Crippen molar-refractivity contribution < 1.29 is 31.7 Å². The number of carbonyl (C=O) groups excluding carboxylic acids is 2. The summed E-state index contributed by atoms with van der Waals surface area (Å²) >= 11 is 0. The van der Waals surface area contributed by atoms with Crippen LogP contribution in [-0.2, 0) is 19.6 Å². The minimum Gasteiger partial charge on any atom is -0.452 e. The Hall–Kier alpha value is -3.73. The molecule has 9 nitrogen and oxygen atoms in total. The van der Waals surface area contributed by atoms with Crippen LogP contribution in [0, 0.1) is 19.7 Å². The molecule has 0 aliphatic heterocycles. The lowest BCUT2D eigenvalue weighted by atomic mass is 10.2. The second-order valence-corrected chi connectivity index (χ2v) is 8.17. The normalized spacial score (nSPS) is 11.1. The first-order valence-electron chi connectivity index (χ1n) is 8.94. The molecule has 0 unspecified atom stereocenters. The molecule has 162 valence electrons. The van der Waals surface area contributed by atoms with Gasteiger partial charge in [-0.25, -0.2) is 17.6 Å². The average molecular weight is 447 g/mol. The molecule has 0 saturated heterocycles. The van der Waals surface area contributed by atoms with Gasteiger partial charge < -0.3 is 9.26 Å². The summed E-state index contributed by atoms with van der Waals surface area (Å²) in [7, 11) is -4.11. The maximum absolute atomic E-state index is 13.3. The second kappa shape index (κ2) is 8.96.